The van der Waals surface area contributed by atoms with Gasteiger partial charge in [0.25, 0.3) is 0 Å². The number of amides is 2. The third-order valence-electron chi connectivity index (χ3n) is 3.41. The van der Waals surface area contributed by atoms with Gasteiger partial charge in [0.15, 0.2) is 6.61 Å². The third kappa shape index (κ3) is 5.79. The summed E-state index contributed by atoms with van der Waals surface area (Å²) in [5.74, 6) is 0.445. The van der Waals surface area contributed by atoms with Crippen LogP contribution in [0.2, 0.25) is 0 Å². The van der Waals surface area contributed by atoms with Crippen molar-refractivity contribution in [1.82, 2.24) is 15.6 Å². The summed E-state index contributed by atoms with van der Waals surface area (Å²) in [7, 11) is 0. The zero-order valence-electron chi connectivity index (χ0n) is 11.9. The predicted octanol–water partition coefficient (Wildman–Crippen LogP) is 2.62. The minimum absolute atomic E-state index is 0.119. The number of nitrogens with one attached hydrogen (secondary N) is 2. The van der Waals surface area contributed by atoms with E-state index in [1.807, 2.05) is 0 Å². The molecule has 0 bridgehead atoms. The summed E-state index contributed by atoms with van der Waals surface area (Å²) in [6.07, 6.45) is 0.438. The topological polar surface area (TPSA) is 63.2 Å². The van der Waals surface area contributed by atoms with E-state index in [1.165, 1.54) is 18.7 Å². The standard InChI is InChI=1S/C14H18F3N3O2/c15-14(16,17)9-22-12-6-11(4-5-18-12)8-20-13(21)19-7-10-2-1-3-10/h4-6,10H,1-3,7-9H2,(H2,19,20,21). The monoisotopic (exact) mass is 317 g/mol. The van der Waals surface area contributed by atoms with Gasteiger partial charge in [-0.05, 0) is 30.4 Å². The molecular weight excluding hydrogens is 299 g/mol. The highest BCUT2D eigenvalue weighted by atomic mass is 19.4. The van der Waals surface area contributed by atoms with Gasteiger partial charge in [-0.2, -0.15) is 13.2 Å². The van der Waals surface area contributed by atoms with E-state index in [0.29, 0.717) is 18.0 Å². The molecule has 0 unspecified atom stereocenters. The molecule has 0 aliphatic heterocycles. The minimum atomic E-state index is -4.41. The molecule has 1 aromatic heterocycles. The van der Waals surface area contributed by atoms with Gasteiger partial charge in [0, 0.05) is 25.4 Å². The number of carbonyl (C=O) groups is 1. The molecule has 1 fully saturated rings. The molecule has 5 nitrogen and oxygen atoms in total. The Kier molecular flexibility index (Phi) is 5.46. The highest BCUT2D eigenvalue weighted by Gasteiger charge is 2.28. The number of ether oxygens (including phenoxy) is 1. The summed E-state index contributed by atoms with van der Waals surface area (Å²) in [6, 6.07) is 2.69. The fourth-order valence-corrected chi connectivity index (χ4v) is 1.97. The van der Waals surface area contributed by atoms with E-state index >= 15 is 0 Å². The number of urea groups is 1. The SMILES string of the molecule is O=C(NCc1ccnc(OCC(F)(F)F)c1)NCC1CCC1. The number of alkyl halides is 3. The molecule has 0 aromatic carbocycles. The molecule has 1 saturated carbocycles. The Morgan fingerprint density at radius 2 is 2.14 bits per heavy atom. The van der Waals surface area contributed by atoms with Gasteiger partial charge in [-0.3, -0.25) is 0 Å². The smallest absolute Gasteiger partial charge is 0.422 e. The Morgan fingerprint density at radius 1 is 1.36 bits per heavy atom. The van der Waals surface area contributed by atoms with Crippen molar-refractivity contribution in [3.63, 3.8) is 0 Å². The van der Waals surface area contributed by atoms with Crippen LogP contribution in [0, 0.1) is 5.92 Å². The fourth-order valence-electron chi connectivity index (χ4n) is 1.97. The lowest BCUT2D eigenvalue weighted by Gasteiger charge is -2.25. The summed E-state index contributed by atoms with van der Waals surface area (Å²) in [4.78, 5) is 15.3. The van der Waals surface area contributed by atoms with Gasteiger partial charge in [-0.15, -0.1) is 0 Å². The molecule has 2 amide bonds. The maximum absolute atomic E-state index is 12.1. The van der Waals surface area contributed by atoms with E-state index < -0.39 is 12.8 Å². The Balaban J connectivity index is 1.73. The molecule has 2 N–H and O–H groups in total. The van der Waals surface area contributed by atoms with E-state index in [1.54, 1.807) is 6.07 Å². The number of carbonyl (C=O) groups excluding carboxylic acids is 1. The quantitative estimate of drug-likeness (QED) is 0.848. The van der Waals surface area contributed by atoms with Gasteiger partial charge in [-0.1, -0.05) is 6.42 Å². The number of rotatable bonds is 6. The second-order valence-corrected chi connectivity index (χ2v) is 5.27. The van der Waals surface area contributed by atoms with Crippen molar-refractivity contribution in [3.8, 4) is 5.88 Å². The van der Waals surface area contributed by atoms with E-state index in [4.69, 9.17) is 0 Å². The molecule has 1 aromatic rings. The highest BCUT2D eigenvalue weighted by molar-refractivity contribution is 5.73. The second-order valence-electron chi connectivity index (χ2n) is 5.27. The molecule has 0 saturated heterocycles. The van der Waals surface area contributed by atoms with Gasteiger partial charge in [0.05, 0.1) is 0 Å². The van der Waals surface area contributed by atoms with Crippen molar-refractivity contribution in [2.75, 3.05) is 13.2 Å². The lowest BCUT2D eigenvalue weighted by atomic mass is 9.85. The van der Waals surface area contributed by atoms with Crippen LogP contribution < -0.4 is 15.4 Å². The summed E-state index contributed by atoms with van der Waals surface area (Å²) in [6.45, 7) is -0.539. The Hall–Kier alpha value is -1.99. The minimum Gasteiger partial charge on any atom is -0.468 e. The Labute approximate surface area is 126 Å². The number of hydrogen-bond donors (Lipinski definition) is 2. The molecule has 8 heteroatoms. The summed E-state index contributed by atoms with van der Waals surface area (Å²) in [5.41, 5.74) is 0.617. The van der Waals surface area contributed by atoms with Crippen molar-refractivity contribution >= 4 is 6.03 Å². The van der Waals surface area contributed by atoms with Gasteiger partial charge in [-0.25, -0.2) is 9.78 Å². The number of halogens is 3. The Morgan fingerprint density at radius 3 is 2.77 bits per heavy atom. The van der Waals surface area contributed by atoms with Crippen molar-refractivity contribution < 1.29 is 22.7 Å². The molecule has 0 spiro atoms. The van der Waals surface area contributed by atoms with E-state index in [2.05, 4.69) is 20.4 Å². The molecule has 1 aliphatic carbocycles. The first-order chi connectivity index (χ1) is 10.4. The van der Waals surface area contributed by atoms with Gasteiger partial charge in [0.2, 0.25) is 5.88 Å². The van der Waals surface area contributed by atoms with Crippen molar-refractivity contribution in [2.45, 2.75) is 32.0 Å². The van der Waals surface area contributed by atoms with E-state index in [0.717, 1.165) is 12.8 Å². The normalized spacial score (nSPS) is 15.0. The average molecular weight is 317 g/mol. The lowest BCUT2D eigenvalue weighted by Crippen LogP contribution is -2.39. The Bertz CT molecular complexity index is 504. The van der Waals surface area contributed by atoms with Crippen LogP contribution in [0.5, 0.6) is 5.88 Å². The van der Waals surface area contributed by atoms with E-state index in [-0.39, 0.29) is 18.5 Å². The van der Waals surface area contributed by atoms with Crippen LogP contribution in [0.4, 0.5) is 18.0 Å². The molecule has 0 atom stereocenters. The molecule has 1 aliphatic rings. The van der Waals surface area contributed by atoms with Crippen LogP contribution in [0.15, 0.2) is 18.3 Å². The zero-order chi connectivity index (χ0) is 16.0. The van der Waals surface area contributed by atoms with Crippen LogP contribution in [0.25, 0.3) is 0 Å². The average Bonchev–Trinajstić information content (AvgIpc) is 2.41. The summed E-state index contributed by atoms with van der Waals surface area (Å²) >= 11 is 0. The number of pyridine rings is 1. The molecule has 2 rings (SSSR count). The molecule has 122 valence electrons. The largest absolute Gasteiger partial charge is 0.468 e. The van der Waals surface area contributed by atoms with Crippen LogP contribution in [-0.4, -0.2) is 30.3 Å². The fraction of sp³-hybridized carbons (Fsp3) is 0.571. The third-order valence-corrected chi connectivity index (χ3v) is 3.41. The molecule has 22 heavy (non-hydrogen) atoms. The van der Waals surface area contributed by atoms with Crippen LogP contribution in [-0.2, 0) is 6.54 Å². The number of hydrogen-bond acceptors (Lipinski definition) is 3. The first-order valence-corrected chi connectivity index (χ1v) is 7.08. The first-order valence-electron chi connectivity index (χ1n) is 7.08. The van der Waals surface area contributed by atoms with Crippen LogP contribution in [0.1, 0.15) is 24.8 Å². The van der Waals surface area contributed by atoms with E-state index in [9.17, 15) is 18.0 Å². The summed E-state index contributed by atoms with van der Waals surface area (Å²) < 4.78 is 40.7. The molecule has 1 heterocycles. The first kappa shape index (κ1) is 16.4. The van der Waals surface area contributed by atoms with Gasteiger partial charge < -0.3 is 15.4 Å². The predicted molar refractivity (Wildman–Crippen MR) is 73.4 cm³/mol. The van der Waals surface area contributed by atoms with Gasteiger partial charge in [0.1, 0.15) is 0 Å². The maximum Gasteiger partial charge on any atom is 0.422 e. The summed E-state index contributed by atoms with van der Waals surface area (Å²) in [5, 5.41) is 5.42. The number of nitrogens with zero attached hydrogens (tertiary/aromatic N) is 1. The molecule has 0 radical (unpaired) electrons. The lowest BCUT2D eigenvalue weighted by molar-refractivity contribution is -0.154. The number of aromatic nitrogens is 1. The highest BCUT2D eigenvalue weighted by Crippen LogP contribution is 2.25. The van der Waals surface area contributed by atoms with Crippen molar-refractivity contribution in [1.29, 1.82) is 0 Å². The zero-order valence-corrected chi connectivity index (χ0v) is 11.9. The van der Waals surface area contributed by atoms with Crippen LogP contribution >= 0.6 is 0 Å². The van der Waals surface area contributed by atoms with Gasteiger partial charge >= 0.3 is 12.2 Å². The van der Waals surface area contributed by atoms with Crippen molar-refractivity contribution in [3.05, 3.63) is 23.9 Å². The maximum atomic E-state index is 12.1. The molecular formula is C14H18F3N3O2. The van der Waals surface area contributed by atoms with Crippen molar-refractivity contribution in [2.24, 2.45) is 5.92 Å². The second kappa shape index (κ2) is 7.33. The van der Waals surface area contributed by atoms with Crippen LogP contribution in [0.3, 0.4) is 0 Å².